The van der Waals surface area contributed by atoms with E-state index in [2.05, 4.69) is 10.1 Å². The highest BCUT2D eigenvalue weighted by atomic mass is 19.1. The lowest BCUT2D eigenvalue weighted by molar-refractivity contribution is 0.113. The predicted octanol–water partition coefficient (Wildman–Crippen LogP) is 1.78. The molecule has 0 saturated carbocycles. The summed E-state index contributed by atoms with van der Waals surface area (Å²) in [5.41, 5.74) is 6.65. The summed E-state index contributed by atoms with van der Waals surface area (Å²) in [6.45, 7) is 7.52. The van der Waals surface area contributed by atoms with Crippen LogP contribution in [0.2, 0.25) is 0 Å². The molecular weight excluding hydrogens is 261 g/mol. The zero-order valence-corrected chi connectivity index (χ0v) is 12.0. The van der Waals surface area contributed by atoms with Gasteiger partial charge in [-0.2, -0.15) is 0 Å². The van der Waals surface area contributed by atoms with Gasteiger partial charge in [-0.05, 0) is 37.2 Å². The summed E-state index contributed by atoms with van der Waals surface area (Å²) in [4.78, 5) is 2.14. The molecule has 1 rings (SSSR count). The number of likely N-dealkylation sites (N-methyl/N-ethyl adjacent to an activating group) is 1. The molecule has 0 heterocycles. The molecule has 0 bridgehead atoms. The molecular formula is C14H22FN3O2. The zero-order chi connectivity index (χ0) is 15.0. The predicted molar refractivity (Wildman–Crippen MR) is 76.4 cm³/mol. The third-order valence-electron chi connectivity index (χ3n) is 2.97. The van der Waals surface area contributed by atoms with Crippen LogP contribution in [0.25, 0.3) is 0 Å². The monoisotopic (exact) mass is 283 g/mol. The Hall–Kier alpha value is -1.66. The first-order chi connectivity index (χ1) is 9.60. The van der Waals surface area contributed by atoms with Crippen molar-refractivity contribution in [1.29, 1.82) is 0 Å². The number of nitrogens with zero attached hydrogens (tertiary/aromatic N) is 2. The topological polar surface area (TPSA) is 71.1 Å². The van der Waals surface area contributed by atoms with Crippen LogP contribution >= 0.6 is 0 Å². The molecule has 0 atom stereocenters. The van der Waals surface area contributed by atoms with Crippen molar-refractivity contribution in [2.45, 2.75) is 20.4 Å². The Morgan fingerprint density at radius 2 is 2.15 bits per heavy atom. The number of hydrogen-bond donors (Lipinski definition) is 2. The van der Waals surface area contributed by atoms with Gasteiger partial charge in [0.25, 0.3) is 0 Å². The number of benzene rings is 1. The van der Waals surface area contributed by atoms with Crippen molar-refractivity contribution < 1.29 is 14.3 Å². The fourth-order valence-corrected chi connectivity index (χ4v) is 1.89. The van der Waals surface area contributed by atoms with Crippen LogP contribution in [-0.4, -0.2) is 42.2 Å². The van der Waals surface area contributed by atoms with E-state index in [1.54, 1.807) is 6.07 Å². The number of nitrogens with two attached hydrogens (primary N) is 1. The van der Waals surface area contributed by atoms with Crippen molar-refractivity contribution in [3.05, 3.63) is 35.1 Å². The second-order valence-corrected chi connectivity index (χ2v) is 4.40. The van der Waals surface area contributed by atoms with Gasteiger partial charge in [0.15, 0.2) is 5.84 Å². The third-order valence-corrected chi connectivity index (χ3v) is 2.97. The molecule has 0 fully saturated rings. The van der Waals surface area contributed by atoms with E-state index in [1.807, 2.05) is 13.8 Å². The first kappa shape index (κ1) is 16.4. The Bertz CT molecular complexity index is 452. The van der Waals surface area contributed by atoms with Crippen LogP contribution in [0.15, 0.2) is 23.4 Å². The molecule has 20 heavy (non-hydrogen) atoms. The Kier molecular flexibility index (Phi) is 6.97. The Morgan fingerprint density at radius 1 is 1.40 bits per heavy atom. The lowest BCUT2D eigenvalue weighted by Gasteiger charge is -2.20. The van der Waals surface area contributed by atoms with Crippen molar-refractivity contribution in [3.8, 4) is 0 Å². The molecule has 6 heteroatoms. The normalized spacial score (nSPS) is 12.1. The van der Waals surface area contributed by atoms with Crippen LogP contribution in [0.4, 0.5) is 4.39 Å². The number of halogens is 1. The Morgan fingerprint density at radius 3 is 2.75 bits per heavy atom. The van der Waals surface area contributed by atoms with E-state index < -0.39 is 5.82 Å². The minimum Gasteiger partial charge on any atom is -0.409 e. The molecule has 0 radical (unpaired) electrons. The van der Waals surface area contributed by atoms with Gasteiger partial charge in [-0.15, -0.1) is 0 Å². The van der Waals surface area contributed by atoms with Gasteiger partial charge < -0.3 is 15.7 Å². The van der Waals surface area contributed by atoms with Gasteiger partial charge in [-0.1, -0.05) is 12.1 Å². The van der Waals surface area contributed by atoms with Gasteiger partial charge >= 0.3 is 0 Å². The highest BCUT2D eigenvalue weighted by molar-refractivity contribution is 5.97. The standard InChI is InChI=1S/C14H22FN3O2/c1-3-18(5-6-20-4-2)10-11-7-12(14(16)17-19)9-13(15)8-11/h7-9,19H,3-6,10H2,1-2H3,(H2,16,17). The van der Waals surface area contributed by atoms with Crippen LogP contribution in [0.5, 0.6) is 0 Å². The van der Waals surface area contributed by atoms with E-state index in [-0.39, 0.29) is 5.84 Å². The molecule has 0 saturated heterocycles. The molecule has 3 N–H and O–H groups in total. The Labute approximate surface area is 118 Å². The highest BCUT2D eigenvalue weighted by Gasteiger charge is 2.08. The highest BCUT2D eigenvalue weighted by Crippen LogP contribution is 2.12. The molecule has 0 spiro atoms. The molecule has 5 nitrogen and oxygen atoms in total. The molecule has 0 unspecified atom stereocenters. The molecule has 0 aliphatic heterocycles. The van der Waals surface area contributed by atoms with Crippen molar-refractivity contribution in [2.75, 3.05) is 26.3 Å². The summed E-state index contributed by atoms with van der Waals surface area (Å²) in [5, 5.41) is 11.5. The maximum atomic E-state index is 13.5. The number of hydrogen-bond acceptors (Lipinski definition) is 4. The lowest BCUT2D eigenvalue weighted by Crippen LogP contribution is -2.27. The number of oxime groups is 1. The van der Waals surface area contributed by atoms with Gasteiger partial charge in [0.05, 0.1) is 6.61 Å². The van der Waals surface area contributed by atoms with Gasteiger partial charge in [0.2, 0.25) is 0 Å². The van der Waals surface area contributed by atoms with Gasteiger partial charge in [0.1, 0.15) is 5.82 Å². The Balaban J connectivity index is 2.77. The molecule has 1 aromatic carbocycles. The first-order valence-corrected chi connectivity index (χ1v) is 6.68. The molecule has 0 aliphatic rings. The summed E-state index contributed by atoms with van der Waals surface area (Å²) in [6, 6.07) is 4.42. The van der Waals surface area contributed by atoms with E-state index in [0.29, 0.717) is 25.3 Å². The lowest BCUT2D eigenvalue weighted by atomic mass is 10.1. The minimum absolute atomic E-state index is 0.0943. The van der Waals surface area contributed by atoms with Crippen LogP contribution in [0.1, 0.15) is 25.0 Å². The van der Waals surface area contributed by atoms with Crippen LogP contribution in [0, 0.1) is 5.82 Å². The van der Waals surface area contributed by atoms with Gasteiger partial charge in [-0.3, -0.25) is 4.90 Å². The molecule has 0 aromatic heterocycles. The summed E-state index contributed by atoms with van der Waals surface area (Å²) >= 11 is 0. The number of ether oxygens (including phenoxy) is 1. The summed E-state index contributed by atoms with van der Waals surface area (Å²) < 4.78 is 18.9. The van der Waals surface area contributed by atoms with Crippen molar-refractivity contribution in [1.82, 2.24) is 4.90 Å². The summed E-state index contributed by atoms with van der Waals surface area (Å²) in [6.07, 6.45) is 0. The van der Waals surface area contributed by atoms with Crippen LogP contribution < -0.4 is 5.73 Å². The van der Waals surface area contributed by atoms with Crippen LogP contribution in [-0.2, 0) is 11.3 Å². The maximum Gasteiger partial charge on any atom is 0.170 e. The largest absolute Gasteiger partial charge is 0.409 e. The third kappa shape index (κ3) is 5.14. The molecule has 1 aromatic rings. The zero-order valence-electron chi connectivity index (χ0n) is 12.0. The summed E-state index contributed by atoms with van der Waals surface area (Å²) in [7, 11) is 0. The SMILES string of the molecule is CCOCCN(CC)Cc1cc(F)cc(/C(N)=N/O)c1. The average Bonchev–Trinajstić information content (AvgIpc) is 2.44. The van der Waals surface area contributed by atoms with Gasteiger partial charge in [-0.25, -0.2) is 4.39 Å². The van der Waals surface area contributed by atoms with Gasteiger partial charge in [0, 0.05) is 25.3 Å². The second-order valence-electron chi connectivity index (χ2n) is 4.40. The molecule has 0 amide bonds. The van der Waals surface area contributed by atoms with E-state index in [9.17, 15) is 4.39 Å². The van der Waals surface area contributed by atoms with Crippen LogP contribution in [0.3, 0.4) is 0 Å². The van der Waals surface area contributed by atoms with E-state index in [4.69, 9.17) is 15.7 Å². The van der Waals surface area contributed by atoms with Crippen molar-refractivity contribution in [2.24, 2.45) is 10.9 Å². The van der Waals surface area contributed by atoms with E-state index >= 15 is 0 Å². The average molecular weight is 283 g/mol. The first-order valence-electron chi connectivity index (χ1n) is 6.68. The smallest absolute Gasteiger partial charge is 0.170 e. The minimum atomic E-state index is -0.398. The quantitative estimate of drug-likeness (QED) is 0.251. The molecule has 112 valence electrons. The summed E-state index contributed by atoms with van der Waals surface area (Å²) in [5.74, 6) is -0.493. The maximum absolute atomic E-state index is 13.5. The fourth-order valence-electron chi connectivity index (χ4n) is 1.89. The number of amidine groups is 1. The number of rotatable bonds is 8. The molecule has 0 aliphatic carbocycles. The second kappa shape index (κ2) is 8.50. The fraction of sp³-hybridized carbons (Fsp3) is 0.500. The van der Waals surface area contributed by atoms with Crippen molar-refractivity contribution in [3.63, 3.8) is 0 Å². The van der Waals surface area contributed by atoms with Crippen molar-refractivity contribution >= 4 is 5.84 Å². The van der Waals surface area contributed by atoms with E-state index in [0.717, 1.165) is 18.7 Å². The van der Waals surface area contributed by atoms with E-state index in [1.165, 1.54) is 12.1 Å².